The molecule has 0 aromatic heterocycles. The summed E-state index contributed by atoms with van der Waals surface area (Å²) in [5, 5.41) is 6.06. The quantitative estimate of drug-likeness (QED) is 0.839. The van der Waals surface area contributed by atoms with Gasteiger partial charge in [-0.05, 0) is 17.2 Å². The van der Waals surface area contributed by atoms with Crippen molar-refractivity contribution in [2.24, 2.45) is 5.10 Å². The Balaban J connectivity index is 1.81. The van der Waals surface area contributed by atoms with Crippen LogP contribution in [0.3, 0.4) is 0 Å². The molecule has 0 N–H and O–H groups in total. The zero-order valence-corrected chi connectivity index (χ0v) is 12.5. The topological polar surface area (TPSA) is 32.7 Å². The van der Waals surface area contributed by atoms with Gasteiger partial charge in [-0.2, -0.15) is 5.10 Å². The van der Waals surface area contributed by atoms with Crippen molar-refractivity contribution in [1.29, 1.82) is 0 Å². The predicted molar refractivity (Wildman–Crippen MR) is 89.2 cm³/mol. The largest absolute Gasteiger partial charge is 0.273 e. The molecule has 2 aromatic rings. The van der Waals surface area contributed by atoms with Crippen LogP contribution >= 0.6 is 0 Å². The summed E-state index contributed by atoms with van der Waals surface area (Å²) in [6.45, 7) is 1.56. The number of carbonyl (C=O) groups is 1. The number of amides is 1. The molecule has 0 radical (unpaired) electrons. The number of carbonyl (C=O) groups excluding carboxylic acids is 1. The van der Waals surface area contributed by atoms with E-state index in [-0.39, 0.29) is 11.9 Å². The molecule has 1 aliphatic rings. The Hall–Kier alpha value is -2.68. The molecule has 1 amide bonds. The molecule has 110 valence electrons. The second kappa shape index (κ2) is 6.39. The van der Waals surface area contributed by atoms with Crippen molar-refractivity contribution in [2.75, 3.05) is 0 Å². The van der Waals surface area contributed by atoms with Crippen LogP contribution < -0.4 is 0 Å². The van der Waals surface area contributed by atoms with Crippen LogP contribution in [0.1, 0.15) is 30.5 Å². The van der Waals surface area contributed by atoms with Crippen LogP contribution in [0.5, 0.6) is 0 Å². The summed E-state index contributed by atoms with van der Waals surface area (Å²) >= 11 is 0. The van der Waals surface area contributed by atoms with Crippen molar-refractivity contribution < 1.29 is 4.79 Å². The molecule has 0 aliphatic carbocycles. The maximum Gasteiger partial charge on any atom is 0.240 e. The van der Waals surface area contributed by atoms with Crippen LogP contribution in [0.4, 0.5) is 0 Å². The molecule has 22 heavy (non-hydrogen) atoms. The van der Waals surface area contributed by atoms with Gasteiger partial charge in [-0.15, -0.1) is 0 Å². The van der Waals surface area contributed by atoms with E-state index in [0.29, 0.717) is 0 Å². The Morgan fingerprint density at radius 3 is 2.32 bits per heavy atom. The molecule has 3 heteroatoms. The molecule has 1 heterocycles. The molecule has 3 rings (SSSR count). The third-order valence-corrected chi connectivity index (χ3v) is 3.71. The minimum atomic E-state index is -0.0306. The highest BCUT2D eigenvalue weighted by atomic mass is 16.2. The van der Waals surface area contributed by atoms with Crippen LogP contribution in [0, 0.1) is 0 Å². The highest BCUT2D eigenvalue weighted by molar-refractivity contribution is 6.00. The summed E-state index contributed by atoms with van der Waals surface area (Å²) in [5.41, 5.74) is 3.17. The van der Waals surface area contributed by atoms with E-state index in [1.54, 1.807) is 11.9 Å². The summed E-state index contributed by atoms with van der Waals surface area (Å²) in [5.74, 6) is -0.0306. The second-order valence-electron chi connectivity index (χ2n) is 5.33. The van der Waals surface area contributed by atoms with E-state index >= 15 is 0 Å². The lowest BCUT2D eigenvalue weighted by Gasteiger charge is -2.20. The molecule has 0 bridgehead atoms. The van der Waals surface area contributed by atoms with Gasteiger partial charge in [0.25, 0.3) is 0 Å². The van der Waals surface area contributed by atoms with Gasteiger partial charge in [0.2, 0.25) is 5.91 Å². The third kappa shape index (κ3) is 3.14. The fourth-order valence-electron chi connectivity index (χ4n) is 2.62. The monoisotopic (exact) mass is 290 g/mol. The molecule has 0 fully saturated rings. The number of hydrazone groups is 1. The van der Waals surface area contributed by atoms with Crippen LogP contribution in [0.2, 0.25) is 0 Å². The minimum Gasteiger partial charge on any atom is -0.273 e. The average Bonchev–Trinajstić information content (AvgIpc) is 2.99. The summed E-state index contributed by atoms with van der Waals surface area (Å²) in [6.07, 6.45) is 4.77. The highest BCUT2D eigenvalue weighted by Gasteiger charge is 2.29. The summed E-state index contributed by atoms with van der Waals surface area (Å²) in [4.78, 5) is 11.8. The van der Waals surface area contributed by atoms with E-state index in [2.05, 4.69) is 5.10 Å². The minimum absolute atomic E-state index is 0.00544. The van der Waals surface area contributed by atoms with Crippen LogP contribution in [-0.4, -0.2) is 16.6 Å². The Labute approximate surface area is 130 Å². The van der Waals surface area contributed by atoms with Gasteiger partial charge < -0.3 is 0 Å². The number of hydrogen-bond acceptors (Lipinski definition) is 2. The fourth-order valence-corrected chi connectivity index (χ4v) is 2.62. The zero-order chi connectivity index (χ0) is 15.4. The Kier molecular flexibility index (Phi) is 4.15. The number of allylic oxidation sites excluding steroid dienone is 1. The first-order chi connectivity index (χ1) is 10.7. The summed E-state index contributed by atoms with van der Waals surface area (Å²) in [7, 11) is 0. The lowest BCUT2D eigenvalue weighted by atomic mass is 10.0. The van der Waals surface area contributed by atoms with Crippen molar-refractivity contribution in [2.45, 2.75) is 19.4 Å². The van der Waals surface area contributed by atoms with Crippen molar-refractivity contribution in [1.82, 2.24) is 5.01 Å². The standard InChI is InChI=1S/C19H18N2O/c1-15(22)21-19(17-10-6-3-7-11-17)14-18(20-21)13-12-16-8-4-2-5-9-16/h2-13,19H,14H2,1H3. The maximum absolute atomic E-state index is 11.8. The third-order valence-electron chi connectivity index (χ3n) is 3.71. The van der Waals surface area contributed by atoms with Crippen LogP contribution in [0.25, 0.3) is 6.08 Å². The van der Waals surface area contributed by atoms with E-state index in [1.165, 1.54) is 0 Å². The number of rotatable bonds is 3. The Bertz CT molecular complexity index is 705. The van der Waals surface area contributed by atoms with Gasteiger partial charge in [-0.25, -0.2) is 5.01 Å². The van der Waals surface area contributed by atoms with E-state index in [4.69, 9.17) is 0 Å². The molecular weight excluding hydrogens is 272 g/mol. The van der Waals surface area contributed by atoms with Crippen molar-refractivity contribution in [3.05, 3.63) is 77.9 Å². The molecule has 3 nitrogen and oxygen atoms in total. The van der Waals surface area contributed by atoms with Gasteiger partial charge in [0.15, 0.2) is 0 Å². The lowest BCUT2D eigenvalue weighted by Crippen LogP contribution is -2.24. The van der Waals surface area contributed by atoms with Gasteiger partial charge >= 0.3 is 0 Å². The zero-order valence-electron chi connectivity index (χ0n) is 12.5. The second-order valence-corrected chi connectivity index (χ2v) is 5.33. The first-order valence-electron chi connectivity index (χ1n) is 7.39. The van der Waals surface area contributed by atoms with Gasteiger partial charge in [0, 0.05) is 13.3 Å². The van der Waals surface area contributed by atoms with Crippen molar-refractivity contribution in [3.8, 4) is 0 Å². The van der Waals surface area contributed by atoms with Gasteiger partial charge in [-0.1, -0.05) is 66.7 Å². The summed E-state index contributed by atoms with van der Waals surface area (Å²) in [6, 6.07) is 20.1. The molecule has 1 unspecified atom stereocenters. The van der Waals surface area contributed by atoms with Gasteiger partial charge in [-0.3, -0.25) is 4.79 Å². The molecule has 1 atom stereocenters. The molecule has 0 spiro atoms. The first-order valence-corrected chi connectivity index (χ1v) is 7.39. The number of nitrogens with zero attached hydrogens (tertiary/aromatic N) is 2. The first kappa shape index (κ1) is 14.3. The van der Waals surface area contributed by atoms with Crippen LogP contribution in [-0.2, 0) is 4.79 Å². The molecule has 0 saturated carbocycles. The van der Waals surface area contributed by atoms with E-state index in [1.807, 2.05) is 72.8 Å². The average molecular weight is 290 g/mol. The van der Waals surface area contributed by atoms with Gasteiger partial charge in [0.05, 0.1) is 11.8 Å². The van der Waals surface area contributed by atoms with E-state index in [9.17, 15) is 4.79 Å². The Morgan fingerprint density at radius 2 is 1.68 bits per heavy atom. The normalized spacial score (nSPS) is 17.8. The number of hydrogen-bond donors (Lipinski definition) is 0. The SMILES string of the molecule is CC(=O)N1N=C(C=Cc2ccccc2)CC1c1ccccc1. The Morgan fingerprint density at radius 1 is 1.05 bits per heavy atom. The molecule has 1 aliphatic heterocycles. The smallest absolute Gasteiger partial charge is 0.240 e. The molecule has 2 aromatic carbocycles. The lowest BCUT2D eigenvalue weighted by molar-refractivity contribution is -0.130. The van der Waals surface area contributed by atoms with E-state index < -0.39 is 0 Å². The molecule has 0 saturated heterocycles. The van der Waals surface area contributed by atoms with Crippen molar-refractivity contribution >= 4 is 17.7 Å². The molecular formula is C19H18N2O. The van der Waals surface area contributed by atoms with E-state index in [0.717, 1.165) is 23.3 Å². The van der Waals surface area contributed by atoms with Gasteiger partial charge in [0.1, 0.15) is 0 Å². The highest BCUT2D eigenvalue weighted by Crippen LogP contribution is 2.31. The maximum atomic E-state index is 11.8. The van der Waals surface area contributed by atoms with Crippen molar-refractivity contribution in [3.63, 3.8) is 0 Å². The fraction of sp³-hybridized carbons (Fsp3) is 0.158. The van der Waals surface area contributed by atoms with Crippen LogP contribution in [0.15, 0.2) is 71.8 Å². The number of benzene rings is 2. The predicted octanol–water partition coefficient (Wildman–Crippen LogP) is 4.05. The summed E-state index contributed by atoms with van der Waals surface area (Å²) < 4.78 is 0.